The highest BCUT2D eigenvalue weighted by molar-refractivity contribution is 6.30. The van der Waals surface area contributed by atoms with E-state index in [0.717, 1.165) is 0 Å². The molecule has 3 aromatic rings. The first kappa shape index (κ1) is 35.0. The number of carbonyl (C=O) groups is 4. The highest BCUT2D eigenvalue weighted by Gasteiger charge is 2.28. The second-order valence-electron chi connectivity index (χ2n) is 10.1. The summed E-state index contributed by atoms with van der Waals surface area (Å²) in [7, 11) is 2.53. The van der Waals surface area contributed by atoms with E-state index in [1.165, 1.54) is 43.5 Å². The molecule has 0 radical (unpaired) electrons. The number of rotatable bonds is 15. The molecule has 0 fully saturated rings. The van der Waals surface area contributed by atoms with Crippen LogP contribution in [0.1, 0.15) is 36.4 Å². The summed E-state index contributed by atoms with van der Waals surface area (Å²) in [5.41, 5.74) is 3.97. The van der Waals surface area contributed by atoms with E-state index in [-0.39, 0.29) is 30.5 Å². The van der Waals surface area contributed by atoms with Crippen molar-refractivity contribution < 1.29 is 52.1 Å². The van der Waals surface area contributed by atoms with E-state index in [4.69, 9.17) is 30.3 Å². The molecular formula is C30H33ClFN3O10. The van der Waals surface area contributed by atoms with Gasteiger partial charge in [0.15, 0.2) is 6.10 Å². The minimum absolute atomic E-state index is 0.0295. The van der Waals surface area contributed by atoms with Gasteiger partial charge in [0.25, 0.3) is 5.88 Å². The highest BCUT2D eigenvalue weighted by Crippen LogP contribution is 2.26. The number of hydrogen-bond donors (Lipinski definition) is 2. The number of halogens is 2. The largest absolute Gasteiger partial charge is 0.479 e. The molecule has 0 aliphatic carbocycles. The summed E-state index contributed by atoms with van der Waals surface area (Å²) in [6.45, 7) is 2.12. The van der Waals surface area contributed by atoms with E-state index in [2.05, 4.69) is 15.3 Å². The number of aliphatic hydroxyl groups excluding tert-OH is 1. The van der Waals surface area contributed by atoms with Crippen molar-refractivity contribution in [2.24, 2.45) is 11.8 Å². The molecule has 1 aromatic heterocycles. The minimum atomic E-state index is -1.80. The summed E-state index contributed by atoms with van der Waals surface area (Å²) in [6.07, 6.45) is -2.02. The van der Waals surface area contributed by atoms with E-state index < -0.39 is 55.0 Å². The number of methoxy groups -OCH3 is 2. The molecule has 2 atom stereocenters. The number of hydrogen-bond acceptors (Lipinski definition) is 12. The van der Waals surface area contributed by atoms with Gasteiger partial charge in [-0.2, -0.15) is 0 Å². The van der Waals surface area contributed by atoms with Gasteiger partial charge in [0.2, 0.25) is 12.6 Å². The predicted molar refractivity (Wildman–Crippen MR) is 156 cm³/mol. The molecule has 13 nitrogen and oxygen atoms in total. The van der Waals surface area contributed by atoms with Crippen LogP contribution in [-0.2, 0) is 35.1 Å². The SMILES string of the molecule is COC(=O)C[C@H](C(=O)OCOC(=O)[C@H](O)CN(Cc1ccc(-c2cc(Cl)ccc2F)cc1)NC(=O)c1cc(OC)no1)C(C)C. The van der Waals surface area contributed by atoms with E-state index >= 15 is 0 Å². The van der Waals surface area contributed by atoms with Crippen LogP contribution in [0.5, 0.6) is 5.88 Å². The minimum Gasteiger partial charge on any atom is -0.479 e. The number of nitrogens with zero attached hydrogens (tertiary/aromatic N) is 2. The maximum atomic E-state index is 14.3. The molecule has 3 rings (SSSR count). The van der Waals surface area contributed by atoms with Crippen molar-refractivity contribution in [3.8, 4) is 17.0 Å². The lowest BCUT2D eigenvalue weighted by Gasteiger charge is -2.25. The van der Waals surface area contributed by atoms with Crippen LogP contribution in [0.2, 0.25) is 5.02 Å². The van der Waals surface area contributed by atoms with Crippen molar-refractivity contribution in [2.75, 3.05) is 27.6 Å². The Kier molecular flexibility index (Phi) is 12.8. The van der Waals surface area contributed by atoms with Crippen molar-refractivity contribution in [3.05, 3.63) is 70.7 Å². The maximum absolute atomic E-state index is 14.3. The van der Waals surface area contributed by atoms with Crippen molar-refractivity contribution in [2.45, 2.75) is 32.9 Å². The first-order valence-electron chi connectivity index (χ1n) is 13.6. The number of aliphatic hydroxyl groups is 1. The Labute approximate surface area is 263 Å². The molecule has 0 saturated carbocycles. The Morgan fingerprint density at radius 2 is 1.73 bits per heavy atom. The lowest BCUT2D eigenvalue weighted by atomic mass is 9.93. The van der Waals surface area contributed by atoms with Crippen LogP contribution in [0.4, 0.5) is 4.39 Å². The summed E-state index contributed by atoms with van der Waals surface area (Å²) in [4.78, 5) is 49.4. The summed E-state index contributed by atoms with van der Waals surface area (Å²) in [5, 5.41) is 15.7. The van der Waals surface area contributed by atoms with E-state index in [9.17, 15) is 28.7 Å². The number of hydrazine groups is 1. The van der Waals surface area contributed by atoms with Crippen LogP contribution >= 0.6 is 11.6 Å². The molecule has 0 saturated heterocycles. The molecule has 0 aliphatic heterocycles. The predicted octanol–water partition coefficient (Wildman–Crippen LogP) is 3.53. The van der Waals surface area contributed by atoms with Gasteiger partial charge in [-0.1, -0.05) is 49.7 Å². The van der Waals surface area contributed by atoms with Crippen molar-refractivity contribution >= 4 is 35.4 Å². The fourth-order valence-electron chi connectivity index (χ4n) is 4.03. The molecular weight excluding hydrogens is 617 g/mol. The molecule has 1 amide bonds. The summed E-state index contributed by atoms with van der Waals surface area (Å²) >= 11 is 6.01. The molecule has 45 heavy (non-hydrogen) atoms. The molecule has 242 valence electrons. The van der Waals surface area contributed by atoms with Crippen LogP contribution < -0.4 is 10.2 Å². The lowest BCUT2D eigenvalue weighted by Crippen LogP contribution is -2.47. The summed E-state index contributed by atoms with van der Waals surface area (Å²) < 4.78 is 38.7. The fraction of sp³-hybridized carbons (Fsp3) is 0.367. The normalized spacial score (nSPS) is 12.4. The van der Waals surface area contributed by atoms with Gasteiger partial charge < -0.3 is 28.6 Å². The Morgan fingerprint density at radius 3 is 2.36 bits per heavy atom. The fourth-order valence-corrected chi connectivity index (χ4v) is 4.20. The monoisotopic (exact) mass is 649 g/mol. The van der Waals surface area contributed by atoms with Crippen LogP contribution in [0, 0.1) is 17.7 Å². The topological polar surface area (TPSA) is 167 Å². The van der Waals surface area contributed by atoms with Crippen LogP contribution in [0.3, 0.4) is 0 Å². The Hall–Kier alpha value is -4.53. The third-order valence-corrected chi connectivity index (χ3v) is 6.77. The summed E-state index contributed by atoms with van der Waals surface area (Å²) in [5.74, 6) is -5.00. The van der Waals surface area contributed by atoms with E-state index in [1.54, 1.807) is 38.1 Å². The number of aromatic nitrogens is 1. The average molecular weight is 650 g/mol. The molecule has 15 heteroatoms. The van der Waals surface area contributed by atoms with Gasteiger partial charge in [0.1, 0.15) is 5.82 Å². The van der Waals surface area contributed by atoms with Crippen molar-refractivity contribution in [3.63, 3.8) is 0 Å². The lowest BCUT2D eigenvalue weighted by molar-refractivity contribution is -0.178. The number of nitrogens with one attached hydrogen (secondary N) is 1. The van der Waals surface area contributed by atoms with Gasteiger partial charge in [-0.15, -0.1) is 0 Å². The zero-order valence-corrected chi connectivity index (χ0v) is 25.7. The van der Waals surface area contributed by atoms with Crippen LogP contribution in [0.15, 0.2) is 53.1 Å². The Morgan fingerprint density at radius 1 is 1.04 bits per heavy atom. The number of ether oxygens (including phenoxy) is 4. The summed E-state index contributed by atoms with van der Waals surface area (Å²) in [6, 6.07) is 12.0. The Bertz CT molecular complexity index is 1480. The van der Waals surface area contributed by atoms with Crippen LogP contribution in [-0.4, -0.2) is 72.7 Å². The zero-order chi connectivity index (χ0) is 33.1. The molecule has 0 aliphatic rings. The standard InChI is InChI=1S/C30H33ClFN3O10/c1-17(2)21(12-27(37)42-4)29(39)43-16-44-30(40)24(36)15-35(33-28(38)25-13-26(41-3)34-45-25)14-18-5-7-19(8-6-18)22-11-20(31)9-10-23(22)32/h5-11,13,17,21,24,36H,12,14-16H2,1-4H3,(H,33,38)/t21-,24+/m0/s1. The Balaban J connectivity index is 1.68. The van der Waals surface area contributed by atoms with Crippen molar-refractivity contribution in [1.29, 1.82) is 0 Å². The third kappa shape index (κ3) is 10.3. The van der Waals surface area contributed by atoms with Gasteiger partial charge >= 0.3 is 23.8 Å². The molecule has 0 spiro atoms. The second kappa shape index (κ2) is 16.5. The second-order valence-corrected chi connectivity index (χ2v) is 10.5. The van der Waals surface area contributed by atoms with E-state index in [0.29, 0.717) is 21.7 Å². The molecule has 1 heterocycles. The smallest absolute Gasteiger partial charge is 0.339 e. The maximum Gasteiger partial charge on any atom is 0.339 e. The third-order valence-electron chi connectivity index (χ3n) is 6.54. The molecule has 2 aromatic carbocycles. The van der Waals surface area contributed by atoms with Gasteiger partial charge in [-0.05, 0) is 40.4 Å². The average Bonchev–Trinajstić information content (AvgIpc) is 3.50. The molecule has 0 unspecified atom stereocenters. The van der Waals surface area contributed by atoms with Crippen LogP contribution in [0.25, 0.3) is 11.1 Å². The molecule has 0 bridgehead atoms. The number of benzene rings is 2. The van der Waals surface area contributed by atoms with E-state index in [1.807, 2.05) is 0 Å². The van der Waals surface area contributed by atoms with Crippen molar-refractivity contribution in [1.82, 2.24) is 15.6 Å². The number of esters is 3. The number of carbonyl (C=O) groups excluding carboxylic acids is 4. The highest BCUT2D eigenvalue weighted by atomic mass is 35.5. The van der Waals surface area contributed by atoms with Gasteiger partial charge in [-0.3, -0.25) is 19.8 Å². The van der Waals surface area contributed by atoms with Gasteiger partial charge in [0, 0.05) is 17.1 Å². The zero-order valence-electron chi connectivity index (χ0n) is 25.0. The first-order chi connectivity index (χ1) is 21.4. The van der Waals surface area contributed by atoms with Gasteiger partial charge in [-0.25, -0.2) is 14.2 Å². The first-order valence-corrected chi connectivity index (χ1v) is 14.0. The quantitative estimate of drug-likeness (QED) is 0.140. The van der Waals surface area contributed by atoms with Gasteiger partial charge in [0.05, 0.1) is 39.2 Å². The number of amides is 1. The molecule has 2 N–H and O–H groups in total.